The quantitative estimate of drug-likeness (QED) is 0.686. The van der Waals surface area contributed by atoms with Crippen molar-refractivity contribution in [1.82, 2.24) is 9.88 Å². The number of hydrogen-bond acceptors (Lipinski definition) is 5. The standard InChI is InChI=1S/C21H22FN3O2/c1-26-18-8-6-16(7-9-18)21-23-17(15-27-21)14-24-10-12-25(13-11-24)20-5-3-2-4-19(20)22/h2-9,15H,10-14H2,1H3. The average Bonchev–Trinajstić information content (AvgIpc) is 3.18. The number of ether oxygens (including phenoxy) is 1. The minimum absolute atomic E-state index is 0.161. The number of nitrogens with zero attached hydrogens (tertiary/aromatic N) is 3. The Morgan fingerprint density at radius 2 is 1.78 bits per heavy atom. The first kappa shape index (κ1) is 17.5. The summed E-state index contributed by atoms with van der Waals surface area (Å²) in [5.41, 5.74) is 2.51. The molecule has 0 saturated carbocycles. The fourth-order valence-corrected chi connectivity index (χ4v) is 3.33. The van der Waals surface area contributed by atoms with E-state index in [9.17, 15) is 4.39 Å². The first-order valence-corrected chi connectivity index (χ1v) is 9.03. The normalized spacial score (nSPS) is 15.1. The minimum atomic E-state index is -0.161. The lowest BCUT2D eigenvalue weighted by Gasteiger charge is -2.35. The Morgan fingerprint density at radius 1 is 1.04 bits per heavy atom. The summed E-state index contributed by atoms with van der Waals surface area (Å²) in [6.45, 7) is 4.04. The van der Waals surface area contributed by atoms with Crippen LogP contribution >= 0.6 is 0 Å². The number of anilines is 1. The molecular weight excluding hydrogens is 345 g/mol. The van der Waals surface area contributed by atoms with Gasteiger partial charge in [0, 0.05) is 38.3 Å². The van der Waals surface area contributed by atoms with Crippen molar-refractivity contribution in [3.63, 3.8) is 0 Å². The largest absolute Gasteiger partial charge is 0.497 e. The van der Waals surface area contributed by atoms with E-state index in [1.54, 1.807) is 19.4 Å². The summed E-state index contributed by atoms with van der Waals surface area (Å²) in [6.07, 6.45) is 1.71. The van der Waals surface area contributed by atoms with Crippen LogP contribution in [0.5, 0.6) is 5.75 Å². The third-order valence-electron chi connectivity index (χ3n) is 4.84. The Labute approximate surface area is 158 Å². The van der Waals surface area contributed by atoms with Crippen molar-refractivity contribution in [2.75, 3.05) is 38.2 Å². The third kappa shape index (κ3) is 3.95. The predicted octanol–water partition coefficient (Wildman–Crippen LogP) is 3.81. The van der Waals surface area contributed by atoms with Crippen LogP contribution in [0.4, 0.5) is 10.1 Å². The first-order chi connectivity index (χ1) is 13.2. The number of rotatable bonds is 5. The molecule has 1 aromatic heterocycles. The first-order valence-electron chi connectivity index (χ1n) is 9.03. The molecular formula is C21H22FN3O2. The molecule has 27 heavy (non-hydrogen) atoms. The lowest BCUT2D eigenvalue weighted by molar-refractivity contribution is 0.246. The van der Waals surface area contributed by atoms with Gasteiger partial charge in [0.1, 0.15) is 17.8 Å². The highest BCUT2D eigenvalue weighted by atomic mass is 19.1. The van der Waals surface area contributed by atoms with Gasteiger partial charge in [-0.2, -0.15) is 0 Å². The van der Waals surface area contributed by atoms with Gasteiger partial charge in [0.2, 0.25) is 5.89 Å². The van der Waals surface area contributed by atoms with Crippen LogP contribution in [0.2, 0.25) is 0 Å². The number of methoxy groups -OCH3 is 1. The third-order valence-corrected chi connectivity index (χ3v) is 4.84. The molecule has 140 valence electrons. The number of piperazine rings is 1. The smallest absolute Gasteiger partial charge is 0.226 e. The summed E-state index contributed by atoms with van der Waals surface area (Å²) in [5, 5.41) is 0. The molecule has 0 aliphatic carbocycles. The van der Waals surface area contributed by atoms with E-state index in [2.05, 4.69) is 14.8 Å². The fraction of sp³-hybridized carbons (Fsp3) is 0.286. The van der Waals surface area contributed by atoms with E-state index in [1.807, 2.05) is 36.4 Å². The molecule has 0 radical (unpaired) electrons. The van der Waals surface area contributed by atoms with Gasteiger partial charge >= 0.3 is 0 Å². The van der Waals surface area contributed by atoms with Crippen LogP contribution in [-0.2, 0) is 6.54 Å². The fourth-order valence-electron chi connectivity index (χ4n) is 3.33. The highest BCUT2D eigenvalue weighted by Gasteiger charge is 2.20. The molecule has 5 nitrogen and oxygen atoms in total. The Balaban J connectivity index is 1.35. The number of oxazole rings is 1. The molecule has 2 heterocycles. The van der Waals surface area contributed by atoms with Gasteiger partial charge in [-0.05, 0) is 36.4 Å². The molecule has 1 fully saturated rings. The second-order valence-corrected chi connectivity index (χ2v) is 6.59. The number of para-hydroxylation sites is 1. The van der Waals surface area contributed by atoms with Gasteiger partial charge in [0.05, 0.1) is 18.5 Å². The molecule has 1 aliphatic heterocycles. The van der Waals surface area contributed by atoms with Crippen molar-refractivity contribution in [1.29, 1.82) is 0 Å². The zero-order valence-corrected chi connectivity index (χ0v) is 15.3. The number of hydrogen-bond donors (Lipinski definition) is 0. The zero-order valence-electron chi connectivity index (χ0n) is 15.3. The van der Waals surface area contributed by atoms with Crippen LogP contribution in [-0.4, -0.2) is 43.2 Å². The van der Waals surface area contributed by atoms with Crippen molar-refractivity contribution in [2.24, 2.45) is 0 Å². The van der Waals surface area contributed by atoms with Crippen LogP contribution in [0.15, 0.2) is 59.2 Å². The molecule has 1 aliphatic rings. The molecule has 0 bridgehead atoms. The van der Waals surface area contributed by atoms with E-state index in [0.717, 1.165) is 49.7 Å². The molecule has 0 unspecified atom stereocenters. The van der Waals surface area contributed by atoms with Crippen molar-refractivity contribution >= 4 is 5.69 Å². The summed E-state index contributed by atoms with van der Waals surface area (Å²) >= 11 is 0. The highest BCUT2D eigenvalue weighted by molar-refractivity contribution is 5.54. The van der Waals surface area contributed by atoms with E-state index in [-0.39, 0.29) is 5.82 Å². The second-order valence-electron chi connectivity index (χ2n) is 6.59. The van der Waals surface area contributed by atoms with Gasteiger partial charge in [-0.15, -0.1) is 0 Å². The molecule has 0 N–H and O–H groups in total. The lowest BCUT2D eigenvalue weighted by atomic mass is 10.2. The summed E-state index contributed by atoms with van der Waals surface area (Å²) in [5.74, 6) is 1.25. The highest BCUT2D eigenvalue weighted by Crippen LogP contribution is 2.23. The van der Waals surface area contributed by atoms with Gasteiger partial charge in [-0.1, -0.05) is 12.1 Å². The molecule has 3 aromatic rings. The van der Waals surface area contributed by atoms with Crippen molar-refractivity contribution in [3.8, 4) is 17.2 Å². The van der Waals surface area contributed by atoms with Crippen LogP contribution < -0.4 is 9.64 Å². The van der Waals surface area contributed by atoms with Crippen LogP contribution in [0.3, 0.4) is 0 Å². The van der Waals surface area contributed by atoms with Crippen molar-refractivity contribution in [2.45, 2.75) is 6.54 Å². The minimum Gasteiger partial charge on any atom is -0.497 e. The van der Waals surface area contributed by atoms with Crippen LogP contribution in [0.25, 0.3) is 11.5 Å². The number of benzene rings is 2. The number of aromatic nitrogens is 1. The monoisotopic (exact) mass is 367 g/mol. The van der Waals surface area contributed by atoms with Crippen molar-refractivity contribution < 1.29 is 13.5 Å². The van der Waals surface area contributed by atoms with Gasteiger partial charge in [-0.3, -0.25) is 4.90 Å². The summed E-state index contributed by atoms with van der Waals surface area (Å²) in [7, 11) is 1.64. The van der Waals surface area contributed by atoms with Gasteiger partial charge in [-0.25, -0.2) is 9.37 Å². The SMILES string of the molecule is COc1ccc(-c2nc(CN3CCN(c4ccccc4F)CC3)co2)cc1. The molecule has 0 spiro atoms. The zero-order chi connectivity index (χ0) is 18.6. The van der Waals surface area contributed by atoms with E-state index in [4.69, 9.17) is 9.15 Å². The number of halogens is 1. The predicted molar refractivity (Wildman–Crippen MR) is 102 cm³/mol. The molecule has 2 aromatic carbocycles. The molecule has 0 atom stereocenters. The lowest BCUT2D eigenvalue weighted by Crippen LogP contribution is -2.46. The maximum atomic E-state index is 13.9. The Hall–Kier alpha value is -2.86. The Kier molecular flexibility index (Phi) is 5.07. The van der Waals surface area contributed by atoms with Gasteiger partial charge < -0.3 is 14.1 Å². The van der Waals surface area contributed by atoms with Gasteiger partial charge in [0.15, 0.2) is 0 Å². The van der Waals surface area contributed by atoms with E-state index in [1.165, 1.54) is 6.07 Å². The second kappa shape index (κ2) is 7.80. The van der Waals surface area contributed by atoms with E-state index >= 15 is 0 Å². The molecule has 1 saturated heterocycles. The summed E-state index contributed by atoms with van der Waals surface area (Å²) in [4.78, 5) is 9.01. The van der Waals surface area contributed by atoms with Crippen LogP contribution in [0, 0.1) is 5.82 Å². The van der Waals surface area contributed by atoms with E-state index < -0.39 is 0 Å². The summed E-state index contributed by atoms with van der Waals surface area (Å²) in [6, 6.07) is 14.6. The van der Waals surface area contributed by atoms with Crippen molar-refractivity contribution in [3.05, 3.63) is 66.3 Å². The van der Waals surface area contributed by atoms with Crippen LogP contribution in [0.1, 0.15) is 5.69 Å². The molecule has 0 amide bonds. The Morgan fingerprint density at radius 3 is 2.48 bits per heavy atom. The topological polar surface area (TPSA) is 41.7 Å². The van der Waals surface area contributed by atoms with E-state index in [0.29, 0.717) is 11.6 Å². The average molecular weight is 367 g/mol. The molecule has 4 rings (SSSR count). The Bertz CT molecular complexity index is 886. The summed E-state index contributed by atoms with van der Waals surface area (Å²) < 4.78 is 24.8. The van der Waals surface area contributed by atoms with Gasteiger partial charge in [0.25, 0.3) is 0 Å². The molecule has 6 heteroatoms. The maximum absolute atomic E-state index is 13.9. The maximum Gasteiger partial charge on any atom is 0.226 e.